The Balaban J connectivity index is 1.14. The van der Waals surface area contributed by atoms with E-state index in [1.165, 1.54) is 23.3 Å². The van der Waals surface area contributed by atoms with Gasteiger partial charge in [0, 0.05) is 19.2 Å². The number of hydrogen-bond donors (Lipinski definition) is 0. The van der Waals surface area contributed by atoms with Crippen LogP contribution in [0.15, 0.2) is 111 Å². The van der Waals surface area contributed by atoms with Crippen LogP contribution in [0.3, 0.4) is 0 Å². The van der Waals surface area contributed by atoms with E-state index in [2.05, 4.69) is 71.3 Å². The van der Waals surface area contributed by atoms with Gasteiger partial charge in [-0.25, -0.2) is 18.8 Å². The maximum atomic E-state index is 14.3. The third kappa shape index (κ3) is 6.41. The predicted octanol–water partition coefficient (Wildman–Crippen LogP) is 8.37. The summed E-state index contributed by atoms with van der Waals surface area (Å²) in [5, 5.41) is 0. The summed E-state index contributed by atoms with van der Waals surface area (Å²) < 4.78 is 39.9. The van der Waals surface area contributed by atoms with Crippen LogP contribution < -0.4 is 4.74 Å². The van der Waals surface area contributed by atoms with Crippen molar-refractivity contribution in [2.75, 3.05) is 19.8 Å². The number of halogens is 2. The average Bonchev–Trinajstić information content (AvgIpc) is 3.41. The van der Waals surface area contributed by atoms with Gasteiger partial charge < -0.3 is 9.47 Å². The van der Waals surface area contributed by atoms with E-state index in [0.29, 0.717) is 31.0 Å². The van der Waals surface area contributed by atoms with Gasteiger partial charge in [-0.05, 0) is 83.9 Å². The monoisotopic (exact) mass is 577 g/mol. The molecule has 1 atom stereocenters. The van der Waals surface area contributed by atoms with E-state index in [1.807, 2.05) is 18.2 Å². The van der Waals surface area contributed by atoms with Crippen molar-refractivity contribution in [1.29, 1.82) is 0 Å². The molecule has 0 bridgehead atoms. The number of aliphatic imine (C=N–C) groups is 3. The van der Waals surface area contributed by atoms with Crippen LogP contribution in [0.25, 0.3) is 16.7 Å². The van der Waals surface area contributed by atoms with Crippen molar-refractivity contribution in [2.45, 2.75) is 33.1 Å². The van der Waals surface area contributed by atoms with Gasteiger partial charge in [0.05, 0.1) is 23.6 Å². The van der Waals surface area contributed by atoms with Crippen molar-refractivity contribution < 1.29 is 18.3 Å². The van der Waals surface area contributed by atoms with E-state index in [0.717, 1.165) is 53.7 Å². The molecule has 0 spiro atoms. The van der Waals surface area contributed by atoms with E-state index in [-0.39, 0.29) is 17.3 Å². The lowest BCUT2D eigenvalue weighted by Gasteiger charge is -2.23. The smallest absolute Gasteiger partial charge is 0.169 e. The highest BCUT2D eigenvalue weighted by Crippen LogP contribution is 2.32. The van der Waals surface area contributed by atoms with Gasteiger partial charge in [-0.2, -0.15) is 0 Å². The Kier molecular flexibility index (Phi) is 8.40. The topological polar surface area (TPSA) is 55.5 Å². The minimum atomic E-state index is -0.947. The normalized spacial score (nSPS) is 18.1. The number of ether oxygens (including phenoxy) is 2. The second kappa shape index (κ2) is 12.7. The summed E-state index contributed by atoms with van der Waals surface area (Å²) >= 11 is 0. The largest absolute Gasteiger partial charge is 0.494 e. The SMILES string of the molecule is CCCOc1ccc(-c2ccc(C3=C(C)COC(CC4CC=C5N=C(c6cccc(F)c6F)N=C5C=NC4)=C3)cc2)cc1. The summed E-state index contributed by atoms with van der Waals surface area (Å²) in [6.07, 6.45) is 8.25. The van der Waals surface area contributed by atoms with Crippen molar-refractivity contribution >= 4 is 23.3 Å². The fourth-order valence-electron chi connectivity index (χ4n) is 5.34. The lowest BCUT2D eigenvalue weighted by Crippen LogP contribution is -2.14. The van der Waals surface area contributed by atoms with Crippen molar-refractivity contribution in [3.8, 4) is 16.9 Å². The van der Waals surface area contributed by atoms with Crippen LogP contribution in [-0.2, 0) is 4.74 Å². The van der Waals surface area contributed by atoms with E-state index >= 15 is 0 Å². The van der Waals surface area contributed by atoms with Crippen molar-refractivity contribution in [2.24, 2.45) is 20.9 Å². The minimum absolute atomic E-state index is 0.0449. The molecule has 0 saturated heterocycles. The van der Waals surface area contributed by atoms with Gasteiger partial charge >= 0.3 is 0 Å². The summed E-state index contributed by atoms with van der Waals surface area (Å²) in [6.45, 7) is 6.07. The summed E-state index contributed by atoms with van der Waals surface area (Å²) in [5.41, 5.74) is 7.06. The van der Waals surface area contributed by atoms with E-state index < -0.39 is 11.6 Å². The van der Waals surface area contributed by atoms with Gasteiger partial charge in [0.25, 0.3) is 0 Å². The third-order valence-corrected chi connectivity index (χ3v) is 7.71. The Morgan fingerprint density at radius 3 is 2.44 bits per heavy atom. The molecule has 7 heteroatoms. The molecule has 3 aromatic carbocycles. The molecular weight excluding hydrogens is 544 g/mol. The van der Waals surface area contributed by atoms with Crippen molar-refractivity contribution in [1.82, 2.24) is 0 Å². The standard InChI is InChI=1S/C36H33F2N3O2/c1-3-17-42-28-14-12-26(13-15-28)25-8-10-27(11-9-25)31-19-29(43-22-23(31)2)18-24-7-16-33-34(21-39-20-24)41-36(40-33)30-5-4-6-32(37)35(30)38/h4-6,8-16,19,21,24H,3,7,17-18,20,22H2,1-2H3. The van der Waals surface area contributed by atoms with E-state index in [9.17, 15) is 8.78 Å². The summed E-state index contributed by atoms with van der Waals surface area (Å²) in [7, 11) is 0. The molecule has 3 heterocycles. The molecule has 1 unspecified atom stereocenters. The Morgan fingerprint density at radius 2 is 1.67 bits per heavy atom. The van der Waals surface area contributed by atoms with Crippen LogP contribution in [-0.4, -0.2) is 37.5 Å². The third-order valence-electron chi connectivity index (χ3n) is 7.71. The molecule has 218 valence electrons. The summed E-state index contributed by atoms with van der Waals surface area (Å²) in [6, 6.07) is 20.9. The molecule has 3 aliphatic heterocycles. The molecular formula is C36H33F2N3O2. The second-order valence-electron chi connectivity index (χ2n) is 11.0. The van der Waals surface area contributed by atoms with Crippen LogP contribution in [0.4, 0.5) is 8.78 Å². The highest BCUT2D eigenvalue weighted by molar-refractivity contribution is 6.43. The zero-order chi connectivity index (χ0) is 29.8. The Labute approximate surface area is 250 Å². The lowest BCUT2D eigenvalue weighted by molar-refractivity contribution is 0.213. The maximum absolute atomic E-state index is 14.3. The molecule has 0 radical (unpaired) electrons. The number of allylic oxidation sites excluding steroid dienone is 5. The number of rotatable bonds is 8. The van der Waals surface area contributed by atoms with Crippen LogP contribution >= 0.6 is 0 Å². The van der Waals surface area contributed by atoms with Crippen molar-refractivity contribution in [3.05, 3.63) is 119 Å². The first-order valence-corrected chi connectivity index (χ1v) is 14.7. The number of fused-ring (bicyclic) bond motifs is 1. The highest BCUT2D eigenvalue weighted by Gasteiger charge is 2.23. The highest BCUT2D eigenvalue weighted by atomic mass is 19.2. The van der Waals surface area contributed by atoms with E-state index in [4.69, 9.17) is 9.47 Å². The van der Waals surface area contributed by atoms with Gasteiger partial charge in [0.2, 0.25) is 0 Å². The molecule has 43 heavy (non-hydrogen) atoms. The van der Waals surface area contributed by atoms with Gasteiger partial charge in [-0.1, -0.05) is 55.5 Å². The zero-order valence-corrected chi connectivity index (χ0v) is 24.3. The van der Waals surface area contributed by atoms with Crippen LogP contribution in [0.2, 0.25) is 0 Å². The molecule has 0 amide bonds. The molecule has 0 aliphatic carbocycles. The Hall–Kier alpha value is -4.65. The van der Waals surface area contributed by atoms with Gasteiger partial charge in [0.1, 0.15) is 18.1 Å². The minimum Gasteiger partial charge on any atom is -0.494 e. The van der Waals surface area contributed by atoms with Crippen molar-refractivity contribution in [3.63, 3.8) is 0 Å². The number of nitrogens with zero attached hydrogens (tertiary/aromatic N) is 3. The predicted molar refractivity (Wildman–Crippen MR) is 169 cm³/mol. The quantitative estimate of drug-likeness (QED) is 0.270. The fourth-order valence-corrected chi connectivity index (χ4v) is 5.34. The number of benzene rings is 3. The molecule has 6 rings (SSSR count). The Bertz CT molecular complexity index is 1700. The van der Waals surface area contributed by atoms with E-state index in [1.54, 1.807) is 6.21 Å². The lowest BCUT2D eigenvalue weighted by atomic mass is 9.93. The first-order chi connectivity index (χ1) is 21.0. The fraction of sp³-hybridized carbons (Fsp3) is 0.250. The van der Waals surface area contributed by atoms with Gasteiger partial charge in [-0.15, -0.1) is 0 Å². The second-order valence-corrected chi connectivity index (χ2v) is 11.0. The maximum Gasteiger partial charge on any atom is 0.169 e. The summed E-state index contributed by atoms with van der Waals surface area (Å²) in [5.74, 6) is 0.317. The van der Waals surface area contributed by atoms with Crippen LogP contribution in [0.1, 0.15) is 44.2 Å². The van der Waals surface area contributed by atoms with Crippen LogP contribution in [0.5, 0.6) is 5.75 Å². The molecule has 0 N–H and O–H groups in total. The van der Waals surface area contributed by atoms with Gasteiger partial charge in [-0.3, -0.25) is 4.99 Å². The first kappa shape index (κ1) is 28.5. The molecule has 5 nitrogen and oxygen atoms in total. The molecule has 0 saturated carbocycles. The van der Waals surface area contributed by atoms with Crippen LogP contribution in [0, 0.1) is 17.6 Å². The zero-order valence-electron chi connectivity index (χ0n) is 24.3. The molecule has 3 aliphatic rings. The van der Waals surface area contributed by atoms with Gasteiger partial charge in [0.15, 0.2) is 17.5 Å². The molecule has 0 fully saturated rings. The summed E-state index contributed by atoms with van der Waals surface area (Å²) in [4.78, 5) is 13.5. The average molecular weight is 578 g/mol. The number of amidine groups is 1. The Morgan fingerprint density at radius 1 is 0.930 bits per heavy atom. The molecule has 0 aromatic heterocycles. The molecule has 3 aromatic rings. The number of hydrogen-bond acceptors (Lipinski definition) is 5. The first-order valence-electron chi connectivity index (χ1n) is 14.7.